The number of hydrogen-bond donors (Lipinski definition) is 1. The van der Waals surface area contributed by atoms with Gasteiger partial charge in [-0.25, -0.2) is 14.8 Å². The maximum Gasteiger partial charge on any atom is 0.428 e. The van der Waals surface area contributed by atoms with Crippen LogP contribution in [0.25, 0.3) is 10.9 Å². The normalized spacial score (nSPS) is 16.5. The van der Waals surface area contributed by atoms with Gasteiger partial charge in [-0.3, -0.25) is 5.32 Å². The summed E-state index contributed by atoms with van der Waals surface area (Å²) in [5, 5.41) is 3.97. The van der Waals surface area contributed by atoms with Crippen molar-refractivity contribution >= 4 is 28.6 Å². The molecule has 7 heteroatoms. The minimum absolute atomic E-state index is 0.0979. The first-order valence-electron chi connectivity index (χ1n) is 8.44. The Kier molecular flexibility index (Phi) is 4.07. The second-order valence-electron chi connectivity index (χ2n) is 6.25. The number of piperidine rings is 1. The third-order valence-electron chi connectivity index (χ3n) is 4.66. The first-order chi connectivity index (χ1) is 12.3. The van der Waals surface area contributed by atoms with Gasteiger partial charge in [-0.15, -0.1) is 0 Å². The molecule has 0 bridgehead atoms. The number of likely N-dealkylation sites (tertiary alicyclic amines) is 1. The molecular weight excluding hydrogens is 316 g/mol. The maximum atomic E-state index is 13.2. The predicted molar refractivity (Wildman–Crippen MR) is 96.0 cm³/mol. The SMILES string of the molecule is O=C(Nc1ccc2cncnc2c1)[N+]1(c2ncccn2)CCCCC1. The molecule has 7 nitrogen and oxygen atoms in total. The summed E-state index contributed by atoms with van der Waals surface area (Å²) in [5.74, 6) is 0.558. The van der Waals surface area contributed by atoms with Crippen LogP contribution in [0.15, 0.2) is 49.2 Å². The van der Waals surface area contributed by atoms with E-state index < -0.39 is 0 Å². The average Bonchev–Trinajstić information content (AvgIpc) is 2.69. The first-order valence-corrected chi connectivity index (χ1v) is 8.44. The summed E-state index contributed by atoms with van der Waals surface area (Å²) in [5.41, 5.74) is 1.52. The van der Waals surface area contributed by atoms with E-state index in [1.807, 2.05) is 18.2 Å². The minimum Gasteiger partial charge on any atom is -0.275 e. The van der Waals surface area contributed by atoms with Crippen molar-refractivity contribution in [3.8, 4) is 0 Å². The molecule has 4 rings (SSSR count). The van der Waals surface area contributed by atoms with Crippen molar-refractivity contribution in [3.63, 3.8) is 0 Å². The van der Waals surface area contributed by atoms with E-state index in [4.69, 9.17) is 0 Å². The van der Waals surface area contributed by atoms with Crippen LogP contribution < -0.4 is 9.80 Å². The average molecular weight is 335 g/mol. The number of anilines is 1. The lowest BCUT2D eigenvalue weighted by atomic mass is 10.1. The Morgan fingerprint density at radius 2 is 1.84 bits per heavy atom. The highest BCUT2D eigenvalue weighted by atomic mass is 16.2. The van der Waals surface area contributed by atoms with Crippen LogP contribution in [0.2, 0.25) is 0 Å². The van der Waals surface area contributed by atoms with Gasteiger partial charge in [0.05, 0.1) is 18.6 Å². The quantitative estimate of drug-likeness (QED) is 0.728. The topological polar surface area (TPSA) is 80.7 Å². The molecule has 1 aliphatic heterocycles. The molecule has 1 aromatic carbocycles. The summed E-state index contributed by atoms with van der Waals surface area (Å²) in [6.07, 6.45) is 9.74. The third-order valence-corrected chi connectivity index (χ3v) is 4.66. The van der Waals surface area contributed by atoms with E-state index in [2.05, 4.69) is 25.3 Å². The fraction of sp³-hybridized carbons (Fsp3) is 0.278. The minimum atomic E-state index is -0.0979. The standard InChI is InChI=1S/C18H18N6O/c25-18(23-15-6-5-14-12-19-13-22-16(14)11-15)24(9-2-1-3-10-24)17-20-7-4-8-21-17/h4-8,11-13H,1-3,9-10H2/p+1. The van der Waals surface area contributed by atoms with Gasteiger partial charge in [0, 0.05) is 29.7 Å². The van der Waals surface area contributed by atoms with Crippen LogP contribution in [0.3, 0.4) is 0 Å². The number of rotatable bonds is 2. The van der Waals surface area contributed by atoms with Gasteiger partial charge in [0.25, 0.3) is 0 Å². The number of nitrogens with zero attached hydrogens (tertiary/aromatic N) is 5. The largest absolute Gasteiger partial charge is 0.428 e. The van der Waals surface area contributed by atoms with Gasteiger partial charge in [-0.05, 0) is 43.5 Å². The zero-order valence-corrected chi connectivity index (χ0v) is 13.8. The van der Waals surface area contributed by atoms with Crippen LogP contribution in [0, 0.1) is 0 Å². The maximum absolute atomic E-state index is 13.2. The zero-order chi connectivity index (χ0) is 17.1. The summed E-state index contributed by atoms with van der Waals surface area (Å²) in [4.78, 5) is 30.2. The lowest BCUT2D eigenvalue weighted by molar-refractivity contribution is 0.196. The van der Waals surface area contributed by atoms with E-state index in [9.17, 15) is 4.79 Å². The van der Waals surface area contributed by atoms with Gasteiger partial charge in [-0.1, -0.05) is 0 Å². The Hall–Kier alpha value is -2.93. The number of quaternary nitrogens is 1. The van der Waals surface area contributed by atoms with Crippen molar-refractivity contribution < 1.29 is 4.79 Å². The molecule has 0 saturated carbocycles. The molecule has 0 aliphatic carbocycles. The second kappa shape index (κ2) is 6.52. The molecule has 3 heterocycles. The molecule has 1 aliphatic rings. The Morgan fingerprint density at radius 1 is 1.04 bits per heavy atom. The number of urea groups is 1. The Morgan fingerprint density at radius 3 is 2.64 bits per heavy atom. The van der Waals surface area contributed by atoms with Crippen molar-refractivity contribution in [2.24, 2.45) is 0 Å². The van der Waals surface area contributed by atoms with Crippen molar-refractivity contribution in [2.45, 2.75) is 19.3 Å². The van der Waals surface area contributed by atoms with Gasteiger partial charge in [0.15, 0.2) is 0 Å². The Labute approximate surface area is 145 Å². The van der Waals surface area contributed by atoms with Crippen molar-refractivity contribution in [2.75, 3.05) is 18.4 Å². The van der Waals surface area contributed by atoms with E-state index in [-0.39, 0.29) is 10.5 Å². The third kappa shape index (κ3) is 2.94. The molecule has 1 N–H and O–H groups in total. The van der Waals surface area contributed by atoms with E-state index in [1.165, 1.54) is 6.33 Å². The highest BCUT2D eigenvalue weighted by molar-refractivity contribution is 5.98. The number of benzene rings is 1. The number of hydrogen-bond acceptors (Lipinski definition) is 5. The van der Waals surface area contributed by atoms with Crippen LogP contribution in [-0.4, -0.2) is 39.1 Å². The summed E-state index contributed by atoms with van der Waals surface area (Å²) in [7, 11) is 0. The van der Waals surface area contributed by atoms with Crippen LogP contribution in [-0.2, 0) is 0 Å². The van der Waals surface area contributed by atoms with E-state index >= 15 is 0 Å². The first kappa shape index (κ1) is 15.6. The number of amides is 2. The van der Waals surface area contributed by atoms with Crippen molar-refractivity contribution in [1.29, 1.82) is 0 Å². The van der Waals surface area contributed by atoms with Crippen molar-refractivity contribution in [3.05, 3.63) is 49.2 Å². The van der Waals surface area contributed by atoms with Crippen LogP contribution in [0.5, 0.6) is 0 Å². The summed E-state index contributed by atoms with van der Waals surface area (Å²) in [6.45, 7) is 1.43. The fourth-order valence-electron chi connectivity index (χ4n) is 3.34. The molecule has 2 amide bonds. The molecule has 2 aromatic heterocycles. The molecule has 3 aromatic rings. The van der Waals surface area contributed by atoms with E-state index in [0.29, 0.717) is 19.0 Å². The fourth-order valence-corrected chi connectivity index (χ4v) is 3.34. The molecule has 1 saturated heterocycles. The number of fused-ring (bicyclic) bond motifs is 1. The second-order valence-corrected chi connectivity index (χ2v) is 6.25. The number of carbonyl (C=O) groups excluding carboxylic acids is 1. The number of carbonyl (C=O) groups is 1. The van der Waals surface area contributed by atoms with Gasteiger partial charge in [0.2, 0.25) is 0 Å². The van der Waals surface area contributed by atoms with Gasteiger partial charge >= 0.3 is 12.0 Å². The van der Waals surface area contributed by atoms with E-state index in [1.54, 1.807) is 24.7 Å². The molecule has 0 atom stereocenters. The van der Waals surface area contributed by atoms with Crippen molar-refractivity contribution in [1.82, 2.24) is 24.4 Å². The highest BCUT2D eigenvalue weighted by Crippen LogP contribution is 2.27. The highest BCUT2D eigenvalue weighted by Gasteiger charge is 2.43. The monoisotopic (exact) mass is 335 g/mol. The summed E-state index contributed by atoms with van der Waals surface area (Å²) in [6, 6.07) is 7.31. The molecule has 0 unspecified atom stereocenters. The van der Waals surface area contributed by atoms with Crippen LogP contribution >= 0.6 is 0 Å². The van der Waals surface area contributed by atoms with Gasteiger partial charge in [-0.2, -0.15) is 14.5 Å². The molecule has 1 fully saturated rings. The molecule has 0 radical (unpaired) electrons. The lowest BCUT2D eigenvalue weighted by Gasteiger charge is -2.35. The molecule has 25 heavy (non-hydrogen) atoms. The predicted octanol–water partition coefficient (Wildman–Crippen LogP) is 3.14. The molecule has 0 spiro atoms. The summed E-state index contributed by atoms with van der Waals surface area (Å²) >= 11 is 0. The number of nitrogens with one attached hydrogen (secondary N) is 1. The van der Waals surface area contributed by atoms with Gasteiger partial charge < -0.3 is 0 Å². The number of aromatic nitrogens is 4. The van der Waals surface area contributed by atoms with E-state index in [0.717, 1.165) is 35.9 Å². The summed E-state index contributed by atoms with van der Waals surface area (Å²) < 4.78 is 0.142. The molecule has 126 valence electrons. The van der Waals surface area contributed by atoms with Crippen LogP contribution in [0.1, 0.15) is 19.3 Å². The Balaban J connectivity index is 1.66. The van der Waals surface area contributed by atoms with Gasteiger partial charge in [0.1, 0.15) is 6.33 Å². The van der Waals surface area contributed by atoms with Crippen LogP contribution in [0.4, 0.5) is 16.4 Å². The Bertz CT molecular complexity index is 892. The lowest BCUT2D eigenvalue weighted by Crippen LogP contribution is -2.59. The smallest absolute Gasteiger partial charge is 0.275 e. The zero-order valence-electron chi connectivity index (χ0n) is 13.8. The molecular formula is C18H19N6O+.